The summed E-state index contributed by atoms with van der Waals surface area (Å²) in [6.07, 6.45) is -6.71. The third-order valence-corrected chi connectivity index (χ3v) is 6.09. The van der Waals surface area contributed by atoms with Gasteiger partial charge in [-0.3, -0.25) is 29.1 Å². The average Bonchev–Trinajstić information content (AvgIpc) is 2.82. The van der Waals surface area contributed by atoms with E-state index < -0.39 is 103 Å². The zero-order valence-electron chi connectivity index (χ0n) is 27.8. The molecule has 266 valence electrons. The Kier molecular flexibility index (Phi) is 14.4. The first-order valence-corrected chi connectivity index (χ1v) is 15.7. The molecule has 5 N–H and O–H groups in total. The molecule has 3 amide bonds. The zero-order valence-corrected chi connectivity index (χ0v) is 28.7. The molecule has 0 aliphatic carbocycles. The quantitative estimate of drug-likeness (QED) is 0.0744. The fourth-order valence-corrected chi connectivity index (χ4v) is 4.49. The van der Waals surface area contributed by atoms with Gasteiger partial charge >= 0.3 is 37.7 Å². The van der Waals surface area contributed by atoms with E-state index in [1.54, 1.807) is 41.5 Å². The summed E-state index contributed by atoms with van der Waals surface area (Å²) < 4.78 is 44.0. The van der Waals surface area contributed by atoms with Gasteiger partial charge in [0.15, 0.2) is 18.3 Å². The van der Waals surface area contributed by atoms with Gasteiger partial charge in [-0.15, -0.1) is 4.99 Å². The number of esters is 3. The molecule has 1 rings (SSSR count). The molecule has 0 saturated carbocycles. The van der Waals surface area contributed by atoms with Crippen molar-refractivity contribution in [1.82, 2.24) is 16.0 Å². The largest absolute Gasteiger partial charge is 0.476 e. The van der Waals surface area contributed by atoms with Crippen molar-refractivity contribution in [2.24, 2.45) is 4.99 Å². The Labute approximate surface area is 271 Å². The number of hydrogen-bond donors (Lipinski definition) is 5. The highest BCUT2D eigenvalue weighted by molar-refractivity contribution is 7.56. The predicted molar refractivity (Wildman–Crippen MR) is 160 cm³/mol. The van der Waals surface area contributed by atoms with E-state index in [1.807, 2.05) is 0 Å². The van der Waals surface area contributed by atoms with Crippen LogP contribution in [0.2, 0.25) is 0 Å². The SMILES string of the molecule is CC(=O)NC1C(NC(=NC(=O)OC(C)(C)C)NC(=O)OC(C)(C)C)C=C(P(=O)(O)O)OC1C(OC(C)=O)C(COC(C)=O)OC(C)=O. The van der Waals surface area contributed by atoms with E-state index in [-0.39, 0.29) is 0 Å². The Balaban J connectivity index is 3.90. The van der Waals surface area contributed by atoms with E-state index in [2.05, 4.69) is 20.9 Å². The number of guanidine groups is 1. The lowest BCUT2D eigenvalue weighted by atomic mass is 9.92. The minimum absolute atomic E-state index is 0.656. The Bertz CT molecular complexity index is 1310. The van der Waals surface area contributed by atoms with E-state index in [9.17, 15) is 43.1 Å². The van der Waals surface area contributed by atoms with E-state index in [0.717, 1.165) is 33.8 Å². The summed E-state index contributed by atoms with van der Waals surface area (Å²) in [5, 5.41) is 7.31. The molecule has 19 nitrogen and oxygen atoms in total. The predicted octanol–water partition coefficient (Wildman–Crippen LogP) is 1.11. The van der Waals surface area contributed by atoms with Gasteiger partial charge in [0.05, 0.1) is 12.1 Å². The monoisotopic (exact) mass is 694 g/mol. The summed E-state index contributed by atoms with van der Waals surface area (Å²) in [6, 6.07) is -3.02. The number of rotatable bonds is 9. The van der Waals surface area contributed by atoms with E-state index in [1.165, 1.54) is 0 Å². The molecule has 1 aliphatic heterocycles. The van der Waals surface area contributed by atoms with Crippen LogP contribution in [-0.4, -0.2) is 100.0 Å². The molecule has 5 unspecified atom stereocenters. The molecule has 0 bridgehead atoms. The highest BCUT2D eigenvalue weighted by atomic mass is 31.2. The van der Waals surface area contributed by atoms with Crippen molar-refractivity contribution in [1.29, 1.82) is 0 Å². The van der Waals surface area contributed by atoms with E-state index in [0.29, 0.717) is 0 Å². The second-order valence-electron chi connectivity index (χ2n) is 12.1. The van der Waals surface area contributed by atoms with Crippen LogP contribution in [0.15, 0.2) is 16.6 Å². The van der Waals surface area contributed by atoms with Gasteiger partial charge in [0.25, 0.3) is 0 Å². The molecular weight excluding hydrogens is 651 g/mol. The lowest BCUT2D eigenvalue weighted by molar-refractivity contribution is -0.186. The van der Waals surface area contributed by atoms with Crippen LogP contribution >= 0.6 is 7.60 Å². The summed E-state index contributed by atoms with van der Waals surface area (Å²) in [4.78, 5) is 97.5. The normalized spacial score (nSPS) is 19.8. The maximum atomic E-state index is 12.7. The van der Waals surface area contributed by atoms with Crippen LogP contribution in [0.4, 0.5) is 9.59 Å². The number of amides is 3. The Morgan fingerprint density at radius 2 is 1.45 bits per heavy atom. The van der Waals surface area contributed by atoms with Crippen LogP contribution in [0.3, 0.4) is 0 Å². The standard InChI is InChI=1S/C27H43N4O15P/c1-13(32)28-20-17(29-23(30-24(36)45-26(5,6)7)31-25(37)46-27(8,9)10)11-19(47(38,39)40)44-22(20)21(43-16(4)35)18(42-15(3)34)12-41-14(2)33/h11,17-18,20-22H,12H2,1-10H3,(H,28,32)(H2,38,39,40)(H2,29,30,31,36,37). The summed E-state index contributed by atoms with van der Waals surface area (Å²) >= 11 is 0. The second-order valence-corrected chi connectivity index (χ2v) is 13.6. The highest BCUT2D eigenvalue weighted by Gasteiger charge is 2.49. The molecule has 0 radical (unpaired) electrons. The number of hydrogen-bond acceptors (Lipinski definition) is 13. The first-order valence-electron chi connectivity index (χ1n) is 14.0. The van der Waals surface area contributed by atoms with Gasteiger partial charge in [0.1, 0.15) is 17.8 Å². The van der Waals surface area contributed by atoms with Gasteiger partial charge < -0.3 is 48.8 Å². The van der Waals surface area contributed by atoms with Crippen LogP contribution in [0.25, 0.3) is 0 Å². The summed E-state index contributed by atoms with van der Waals surface area (Å²) in [5.41, 5.74) is -3.05. The number of nitrogens with one attached hydrogen (secondary N) is 3. The van der Waals surface area contributed by atoms with Crippen LogP contribution in [0.5, 0.6) is 0 Å². The molecular formula is C27H43N4O15P. The van der Waals surface area contributed by atoms with Crippen LogP contribution < -0.4 is 16.0 Å². The molecule has 1 aliphatic rings. The minimum Gasteiger partial charge on any atom is -0.476 e. The first kappa shape index (κ1) is 40.8. The Hall–Kier alpha value is -4.22. The smallest absolute Gasteiger partial charge is 0.437 e. The van der Waals surface area contributed by atoms with Crippen LogP contribution in [-0.2, 0) is 52.2 Å². The first-order chi connectivity index (χ1) is 21.3. The minimum atomic E-state index is -5.28. The van der Waals surface area contributed by atoms with Crippen molar-refractivity contribution in [3.8, 4) is 0 Å². The number of carbonyl (C=O) groups excluding carboxylic acids is 6. The lowest BCUT2D eigenvalue weighted by Gasteiger charge is -2.42. The molecule has 0 saturated heterocycles. The van der Waals surface area contributed by atoms with Gasteiger partial charge in [-0.2, -0.15) is 0 Å². The second kappa shape index (κ2) is 16.6. The molecule has 0 fully saturated rings. The summed E-state index contributed by atoms with van der Waals surface area (Å²) in [5.74, 6) is -4.13. The van der Waals surface area contributed by atoms with Gasteiger partial charge in [-0.25, -0.2) is 9.59 Å². The fourth-order valence-electron chi connectivity index (χ4n) is 3.87. The van der Waals surface area contributed by atoms with Crippen LogP contribution in [0, 0.1) is 0 Å². The van der Waals surface area contributed by atoms with Gasteiger partial charge in [0.2, 0.25) is 17.4 Å². The fraction of sp³-hybridized carbons (Fsp3) is 0.667. The molecule has 0 aromatic heterocycles. The molecule has 20 heteroatoms. The van der Waals surface area contributed by atoms with Crippen molar-refractivity contribution < 1.29 is 71.5 Å². The van der Waals surface area contributed by atoms with Crippen molar-refractivity contribution in [2.75, 3.05) is 6.61 Å². The lowest BCUT2D eigenvalue weighted by Crippen LogP contribution is -2.65. The average molecular weight is 695 g/mol. The topological polar surface area (TPSA) is 264 Å². The Morgan fingerprint density at radius 3 is 1.89 bits per heavy atom. The number of nitrogens with zero attached hydrogens (tertiary/aromatic N) is 1. The maximum absolute atomic E-state index is 12.7. The summed E-state index contributed by atoms with van der Waals surface area (Å²) in [7, 11) is -5.28. The highest BCUT2D eigenvalue weighted by Crippen LogP contribution is 2.48. The Morgan fingerprint density at radius 1 is 0.894 bits per heavy atom. The van der Waals surface area contributed by atoms with E-state index in [4.69, 9.17) is 28.4 Å². The van der Waals surface area contributed by atoms with Gasteiger partial charge in [-0.1, -0.05) is 0 Å². The van der Waals surface area contributed by atoms with Gasteiger partial charge in [0, 0.05) is 27.7 Å². The molecule has 47 heavy (non-hydrogen) atoms. The van der Waals surface area contributed by atoms with E-state index >= 15 is 0 Å². The van der Waals surface area contributed by atoms with Crippen molar-refractivity contribution >= 4 is 49.6 Å². The molecule has 1 heterocycles. The number of aliphatic imine (C=N–C) groups is 1. The molecule has 0 spiro atoms. The summed E-state index contributed by atoms with van der Waals surface area (Å²) in [6.45, 7) is 12.7. The molecule has 0 aromatic carbocycles. The number of carbonyl (C=O) groups is 6. The molecule has 0 aromatic rings. The van der Waals surface area contributed by atoms with Gasteiger partial charge in [-0.05, 0) is 47.6 Å². The van der Waals surface area contributed by atoms with Crippen molar-refractivity contribution in [3.05, 3.63) is 11.6 Å². The van der Waals surface area contributed by atoms with Crippen molar-refractivity contribution in [2.45, 2.75) is 111 Å². The maximum Gasteiger partial charge on any atom is 0.437 e. The number of ether oxygens (including phenoxy) is 6. The molecule has 5 atom stereocenters. The van der Waals surface area contributed by atoms with Crippen LogP contribution in [0.1, 0.15) is 69.2 Å². The zero-order chi connectivity index (χ0) is 36.5. The third kappa shape index (κ3) is 15.8. The van der Waals surface area contributed by atoms with Crippen molar-refractivity contribution in [3.63, 3.8) is 0 Å². The number of alkyl carbamates (subject to hydrolysis) is 1. The third-order valence-electron chi connectivity index (χ3n) is 5.26.